The summed E-state index contributed by atoms with van der Waals surface area (Å²) in [6, 6.07) is 0. The molecule has 1 fully saturated rings. The first-order valence-electron chi connectivity index (χ1n) is 8.17. The summed E-state index contributed by atoms with van der Waals surface area (Å²) in [5.74, 6) is 0.604. The summed E-state index contributed by atoms with van der Waals surface area (Å²) < 4.78 is 7.74. The molecular formula is C16H24ClN4O3P. The first-order valence-corrected chi connectivity index (χ1v) is 11.7. The zero-order chi connectivity index (χ0) is 18.5. The Morgan fingerprint density at radius 1 is 1.56 bits per heavy atom. The Morgan fingerprint density at radius 2 is 2.24 bits per heavy atom. The molecule has 25 heavy (non-hydrogen) atoms. The number of aliphatic hydroxyl groups is 1. The number of H-pyrrole nitrogens is 1. The van der Waals surface area contributed by atoms with Crippen LogP contribution in [0.3, 0.4) is 0 Å². The average Bonchev–Trinajstić information content (AvgIpc) is 3.00. The summed E-state index contributed by atoms with van der Waals surface area (Å²) in [6.07, 6.45) is 4.78. The van der Waals surface area contributed by atoms with Gasteiger partial charge in [0, 0.05) is 0 Å². The molecule has 7 nitrogen and oxygen atoms in total. The van der Waals surface area contributed by atoms with Crippen LogP contribution in [0.2, 0.25) is 0 Å². The second kappa shape index (κ2) is 6.54. The Labute approximate surface area is 151 Å². The topological polar surface area (TPSA) is 93.0 Å². The molecule has 1 aliphatic rings. The van der Waals surface area contributed by atoms with Gasteiger partial charge in [0.05, 0.1) is 12.4 Å². The van der Waals surface area contributed by atoms with E-state index in [1.54, 1.807) is 11.5 Å². The van der Waals surface area contributed by atoms with E-state index in [1.165, 1.54) is 6.33 Å². The van der Waals surface area contributed by atoms with Gasteiger partial charge in [-0.25, -0.2) is 9.97 Å². The number of hydrogen-bond acceptors (Lipinski definition) is 5. The highest BCUT2D eigenvalue weighted by Gasteiger charge is 2.46. The van der Waals surface area contributed by atoms with Crippen LogP contribution >= 0.6 is 18.5 Å². The molecule has 0 aromatic carbocycles. The Kier molecular flexibility index (Phi) is 4.88. The number of imidazole rings is 1. The highest BCUT2D eigenvalue weighted by atomic mass is 35.5. The molecule has 0 radical (unpaired) electrons. The van der Waals surface area contributed by atoms with Crippen LogP contribution in [0.25, 0.3) is 11.2 Å². The highest BCUT2D eigenvalue weighted by molar-refractivity contribution is 7.72. The van der Waals surface area contributed by atoms with Crippen molar-refractivity contribution in [3.63, 3.8) is 0 Å². The molecular weight excluding hydrogens is 363 g/mol. The van der Waals surface area contributed by atoms with E-state index in [0.717, 1.165) is 6.16 Å². The number of nitrogens with one attached hydrogen (secondary N) is 1. The lowest BCUT2D eigenvalue weighted by atomic mass is 10.0. The van der Waals surface area contributed by atoms with Crippen LogP contribution in [0.1, 0.15) is 19.0 Å². The molecule has 3 heterocycles. The van der Waals surface area contributed by atoms with E-state index < -0.39 is 30.7 Å². The summed E-state index contributed by atoms with van der Waals surface area (Å²) in [4.78, 5) is 23.1. The van der Waals surface area contributed by atoms with Crippen molar-refractivity contribution in [1.29, 1.82) is 0 Å². The standard InChI is InChI=1S/C16H24ClN4O3P/c1-8(6-25(3,4)5)13-12(22)10(17)16(24-13)21-7-18-11-14(21)19-9(2)20-15(11)23/h7-8,10,12-13,16,22H,3,6H2,1-2,4-5H3,(H,19,20,23)/t8?,10-,12+,13-,16-/m1/s1. The maximum absolute atomic E-state index is 12.0. The zero-order valence-corrected chi connectivity index (χ0v) is 16.5. The number of fused-ring (bicyclic) bond motifs is 1. The molecule has 0 aliphatic carbocycles. The van der Waals surface area contributed by atoms with E-state index in [-0.39, 0.29) is 17.0 Å². The fourth-order valence-corrected chi connectivity index (χ4v) is 5.55. The maximum Gasteiger partial charge on any atom is 0.279 e. The number of nitrogens with zero attached hydrogens (tertiary/aromatic N) is 3. The number of alkyl halides is 1. The molecule has 9 heteroatoms. The molecule has 0 spiro atoms. The highest BCUT2D eigenvalue weighted by Crippen LogP contribution is 2.43. The van der Waals surface area contributed by atoms with Crippen LogP contribution in [0.4, 0.5) is 0 Å². The summed E-state index contributed by atoms with van der Waals surface area (Å²) >= 11 is 6.47. The Bertz CT molecular complexity index is 889. The Morgan fingerprint density at radius 3 is 2.88 bits per heavy atom. The molecule has 1 saturated heterocycles. The van der Waals surface area contributed by atoms with Crippen molar-refractivity contribution in [3.8, 4) is 0 Å². The van der Waals surface area contributed by atoms with Gasteiger partial charge in [-0.2, -0.15) is 0 Å². The molecule has 138 valence electrons. The van der Waals surface area contributed by atoms with E-state index >= 15 is 0 Å². The van der Waals surface area contributed by atoms with Crippen LogP contribution in [-0.2, 0) is 4.74 Å². The largest absolute Gasteiger partial charge is 0.389 e. The lowest BCUT2D eigenvalue weighted by Crippen LogP contribution is -2.33. The number of rotatable bonds is 4. The molecule has 1 aliphatic heterocycles. The Balaban J connectivity index is 1.94. The Hall–Kier alpha value is -1.14. The number of aromatic amines is 1. The summed E-state index contributed by atoms with van der Waals surface area (Å²) in [6.45, 7) is 6.80. The maximum atomic E-state index is 12.0. The molecule has 0 amide bonds. The van der Waals surface area contributed by atoms with Gasteiger partial charge in [0.2, 0.25) is 0 Å². The van der Waals surface area contributed by atoms with Crippen LogP contribution in [0, 0.1) is 12.8 Å². The second-order valence-electron chi connectivity index (χ2n) is 7.50. The predicted molar refractivity (Wildman–Crippen MR) is 102 cm³/mol. The summed E-state index contributed by atoms with van der Waals surface area (Å²) in [5.41, 5.74) is 0.329. The number of hydrogen-bond donors (Lipinski definition) is 2. The van der Waals surface area contributed by atoms with Gasteiger partial charge in [-0.3, -0.25) is 9.36 Å². The smallest absolute Gasteiger partial charge is 0.279 e. The van der Waals surface area contributed by atoms with Crippen molar-refractivity contribution in [1.82, 2.24) is 19.5 Å². The summed E-state index contributed by atoms with van der Waals surface area (Å²) in [5, 5.41) is 9.93. The van der Waals surface area contributed by atoms with Gasteiger partial charge in [0.15, 0.2) is 17.4 Å². The monoisotopic (exact) mass is 386 g/mol. The quantitative estimate of drug-likeness (QED) is 0.615. The minimum atomic E-state index is -1.26. The van der Waals surface area contributed by atoms with Crippen molar-refractivity contribution < 1.29 is 9.84 Å². The third-order valence-corrected chi connectivity index (χ3v) is 6.44. The van der Waals surface area contributed by atoms with Crippen molar-refractivity contribution >= 4 is 36.0 Å². The molecule has 2 N–H and O–H groups in total. The molecule has 1 unspecified atom stereocenters. The van der Waals surface area contributed by atoms with Crippen molar-refractivity contribution in [2.24, 2.45) is 5.92 Å². The third-order valence-electron chi connectivity index (χ3n) is 4.40. The molecule has 5 atom stereocenters. The van der Waals surface area contributed by atoms with E-state index in [2.05, 4.69) is 34.6 Å². The normalized spacial score (nSPS) is 28.6. The van der Waals surface area contributed by atoms with Crippen molar-refractivity contribution in [3.05, 3.63) is 22.5 Å². The number of aromatic nitrogens is 4. The van der Waals surface area contributed by atoms with Crippen molar-refractivity contribution in [2.75, 3.05) is 19.5 Å². The number of aryl methyl sites for hydroxylation is 1. The van der Waals surface area contributed by atoms with E-state index in [9.17, 15) is 9.90 Å². The van der Waals surface area contributed by atoms with Crippen LogP contribution in [-0.4, -0.2) is 68.0 Å². The molecule has 0 bridgehead atoms. The van der Waals surface area contributed by atoms with E-state index in [0.29, 0.717) is 11.5 Å². The first kappa shape index (κ1) is 18.6. The molecule has 0 saturated carbocycles. The van der Waals surface area contributed by atoms with Gasteiger partial charge < -0.3 is 14.8 Å². The lowest BCUT2D eigenvalue weighted by molar-refractivity contribution is -0.0392. The van der Waals surface area contributed by atoms with Gasteiger partial charge in [-0.1, -0.05) is 6.92 Å². The van der Waals surface area contributed by atoms with E-state index in [1.807, 2.05) is 6.92 Å². The SMILES string of the molecule is C=P(C)(C)CC(C)[C@H]1O[C@@H](n2cnc3c(=O)[nH]c(C)nc32)[C@H](Cl)[C@@H]1O. The fraction of sp³-hybridized carbons (Fsp3) is 0.625. The van der Waals surface area contributed by atoms with Gasteiger partial charge >= 0.3 is 0 Å². The van der Waals surface area contributed by atoms with Gasteiger partial charge in [-0.05, 0) is 32.3 Å². The number of halogens is 1. The van der Waals surface area contributed by atoms with Crippen LogP contribution < -0.4 is 5.56 Å². The van der Waals surface area contributed by atoms with Crippen LogP contribution in [0.15, 0.2) is 11.1 Å². The second-order valence-corrected chi connectivity index (χ2v) is 12.2. The molecule has 2 aromatic heterocycles. The number of ether oxygens (including phenoxy) is 1. The van der Waals surface area contributed by atoms with Gasteiger partial charge in [0.25, 0.3) is 5.56 Å². The zero-order valence-electron chi connectivity index (χ0n) is 14.8. The fourth-order valence-electron chi connectivity index (χ4n) is 3.46. The first-order chi connectivity index (χ1) is 11.6. The average molecular weight is 387 g/mol. The minimum absolute atomic E-state index is 0.120. The van der Waals surface area contributed by atoms with Gasteiger partial charge in [-0.15, -0.1) is 24.8 Å². The van der Waals surface area contributed by atoms with E-state index in [4.69, 9.17) is 16.3 Å². The molecule has 3 rings (SSSR count). The van der Waals surface area contributed by atoms with Crippen LogP contribution in [0.5, 0.6) is 0 Å². The van der Waals surface area contributed by atoms with Crippen molar-refractivity contribution in [2.45, 2.75) is 37.7 Å². The lowest BCUT2D eigenvalue weighted by Gasteiger charge is -2.26. The summed E-state index contributed by atoms with van der Waals surface area (Å²) in [7, 11) is 0. The molecule has 2 aromatic rings. The van der Waals surface area contributed by atoms with Gasteiger partial charge in [0.1, 0.15) is 17.3 Å². The minimum Gasteiger partial charge on any atom is -0.389 e. The third kappa shape index (κ3) is 3.56. The predicted octanol–water partition coefficient (Wildman–Crippen LogP) is 1.64. The number of aliphatic hydroxyl groups excluding tert-OH is 1.